The van der Waals surface area contributed by atoms with Crippen molar-refractivity contribution in [3.05, 3.63) is 21.2 Å². The van der Waals surface area contributed by atoms with Gasteiger partial charge < -0.3 is 5.32 Å². The second-order valence-corrected chi connectivity index (χ2v) is 4.32. The summed E-state index contributed by atoms with van der Waals surface area (Å²) in [7, 11) is 0. The maximum Gasteiger partial charge on any atom is 0.292 e. The van der Waals surface area contributed by atoms with E-state index in [-0.39, 0.29) is 5.56 Å². The highest BCUT2D eigenvalue weighted by Crippen LogP contribution is 2.18. The normalized spacial score (nSPS) is 17.9. The van der Waals surface area contributed by atoms with Gasteiger partial charge in [-0.1, -0.05) is 11.3 Å². The maximum atomic E-state index is 11.6. The molecular formula is C8H8N4OS. The first-order valence-electron chi connectivity index (χ1n) is 4.43. The molecule has 5 nitrogen and oxygen atoms in total. The average Bonchev–Trinajstić information content (AvgIpc) is 2.81. The Kier molecular flexibility index (Phi) is 1.57. The van der Waals surface area contributed by atoms with E-state index < -0.39 is 0 Å². The van der Waals surface area contributed by atoms with Crippen LogP contribution in [0.25, 0.3) is 11.2 Å². The number of nitrogens with zero attached hydrogens (tertiary/aromatic N) is 3. The Morgan fingerprint density at radius 2 is 2.50 bits per heavy atom. The zero-order chi connectivity index (χ0) is 9.54. The molecule has 2 aromatic heterocycles. The fraction of sp³-hybridized carbons (Fsp3) is 0.375. The van der Waals surface area contributed by atoms with Crippen LogP contribution in [0.1, 0.15) is 12.8 Å². The quantitative estimate of drug-likeness (QED) is 0.713. The molecule has 2 heterocycles. The summed E-state index contributed by atoms with van der Waals surface area (Å²) < 4.78 is 2.00. The van der Waals surface area contributed by atoms with E-state index in [2.05, 4.69) is 15.4 Å². The molecule has 0 radical (unpaired) electrons. The van der Waals surface area contributed by atoms with Crippen molar-refractivity contribution in [2.45, 2.75) is 18.9 Å². The Balaban J connectivity index is 2.10. The van der Waals surface area contributed by atoms with Gasteiger partial charge in [0, 0.05) is 12.2 Å². The Bertz CT molecular complexity index is 568. The van der Waals surface area contributed by atoms with Gasteiger partial charge in [-0.25, -0.2) is 4.98 Å². The van der Waals surface area contributed by atoms with E-state index in [4.69, 9.17) is 0 Å². The lowest BCUT2D eigenvalue weighted by Crippen LogP contribution is -2.26. The van der Waals surface area contributed by atoms with E-state index in [0.29, 0.717) is 15.5 Å². The standard InChI is InChI=1S/C8H8N4OS/c13-7-6(3-9-5-1-2-5)14-8-10-4-11-12(7)8/h3-5,9H,1-2H2/b6-3-. The van der Waals surface area contributed by atoms with Gasteiger partial charge in [0.1, 0.15) is 10.9 Å². The molecule has 0 unspecified atom stereocenters. The van der Waals surface area contributed by atoms with Crippen molar-refractivity contribution >= 4 is 22.5 Å². The van der Waals surface area contributed by atoms with Gasteiger partial charge in [-0.2, -0.15) is 9.61 Å². The lowest BCUT2D eigenvalue weighted by atomic mass is 10.6. The molecule has 3 rings (SSSR count). The molecule has 1 N–H and O–H groups in total. The third-order valence-electron chi connectivity index (χ3n) is 2.15. The van der Waals surface area contributed by atoms with Gasteiger partial charge >= 0.3 is 0 Å². The van der Waals surface area contributed by atoms with Crippen LogP contribution in [0.4, 0.5) is 0 Å². The second kappa shape index (κ2) is 2.78. The largest absolute Gasteiger partial charge is 0.387 e. The lowest BCUT2D eigenvalue weighted by molar-refractivity contribution is 0.897. The molecule has 14 heavy (non-hydrogen) atoms. The monoisotopic (exact) mass is 208 g/mol. The molecule has 1 aliphatic carbocycles. The van der Waals surface area contributed by atoms with Crippen LogP contribution in [0.5, 0.6) is 0 Å². The number of rotatable bonds is 2. The minimum Gasteiger partial charge on any atom is -0.387 e. The Hall–Kier alpha value is -1.43. The lowest BCUT2D eigenvalue weighted by Gasteiger charge is -1.89. The maximum absolute atomic E-state index is 11.6. The average molecular weight is 208 g/mol. The summed E-state index contributed by atoms with van der Waals surface area (Å²) >= 11 is 1.36. The highest BCUT2D eigenvalue weighted by atomic mass is 32.1. The van der Waals surface area contributed by atoms with Crippen LogP contribution in [0, 0.1) is 0 Å². The number of fused-ring (bicyclic) bond motifs is 1. The molecule has 0 amide bonds. The summed E-state index contributed by atoms with van der Waals surface area (Å²) in [6.07, 6.45) is 5.57. The molecular weight excluding hydrogens is 200 g/mol. The molecule has 6 heteroatoms. The molecule has 0 atom stereocenters. The van der Waals surface area contributed by atoms with Gasteiger partial charge in [0.2, 0.25) is 4.96 Å². The van der Waals surface area contributed by atoms with Crippen molar-refractivity contribution in [3.8, 4) is 0 Å². The molecule has 0 bridgehead atoms. The number of thiazole rings is 1. The smallest absolute Gasteiger partial charge is 0.292 e. The van der Waals surface area contributed by atoms with Crippen LogP contribution in [0.2, 0.25) is 0 Å². The number of hydrogen-bond acceptors (Lipinski definition) is 5. The van der Waals surface area contributed by atoms with Crippen LogP contribution in [0.3, 0.4) is 0 Å². The summed E-state index contributed by atoms with van der Waals surface area (Å²) in [6, 6.07) is 0.566. The van der Waals surface area contributed by atoms with Crippen molar-refractivity contribution in [1.29, 1.82) is 0 Å². The van der Waals surface area contributed by atoms with Crippen LogP contribution in [0.15, 0.2) is 11.1 Å². The Morgan fingerprint density at radius 3 is 3.21 bits per heavy atom. The molecule has 72 valence electrons. The molecule has 0 aromatic carbocycles. The summed E-state index contributed by atoms with van der Waals surface area (Å²) in [5.41, 5.74) is -0.0874. The van der Waals surface area contributed by atoms with Crippen LogP contribution in [-0.2, 0) is 0 Å². The summed E-state index contributed by atoms with van der Waals surface area (Å²) in [5, 5.41) is 7.02. The molecule has 0 saturated heterocycles. The van der Waals surface area contributed by atoms with E-state index in [1.165, 1.54) is 35.0 Å². The summed E-state index contributed by atoms with van der Waals surface area (Å²) in [6.45, 7) is 0. The van der Waals surface area contributed by atoms with E-state index in [1.807, 2.05) is 0 Å². The van der Waals surface area contributed by atoms with Crippen molar-refractivity contribution in [3.63, 3.8) is 0 Å². The molecule has 0 aliphatic heterocycles. The predicted octanol–water partition coefficient (Wildman–Crippen LogP) is -0.640. The fourth-order valence-electron chi connectivity index (χ4n) is 1.22. The van der Waals surface area contributed by atoms with Gasteiger partial charge in [0.15, 0.2) is 0 Å². The van der Waals surface area contributed by atoms with Crippen molar-refractivity contribution in [2.24, 2.45) is 0 Å². The van der Waals surface area contributed by atoms with Gasteiger partial charge in [0.25, 0.3) is 5.56 Å². The topological polar surface area (TPSA) is 59.3 Å². The number of nitrogens with one attached hydrogen (secondary N) is 1. The molecule has 1 saturated carbocycles. The highest BCUT2D eigenvalue weighted by Gasteiger charge is 2.19. The van der Waals surface area contributed by atoms with Crippen LogP contribution >= 0.6 is 11.3 Å². The van der Waals surface area contributed by atoms with Crippen LogP contribution in [-0.4, -0.2) is 20.6 Å². The van der Waals surface area contributed by atoms with Gasteiger partial charge in [-0.3, -0.25) is 4.79 Å². The van der Waals surface area contributed by atoms with E-state index in [1.54, 1.807) is 6.20 Å². The summed E-state index contributed by atoms with van der Waals surface area (Å²) in [4.78, 5) is 16.2. The SMILES string of the molecule is O=c1/c(=C/NC2CC2)sc2ncnn12. The third kappa shape index (κ3) is 1.19. The Labute approximate surface area is 83.1 Å². The zero-order valence-electron chi connectivity index (χ0n) is 7.30. The van der Waals surface area contributed by atoms with Crippen LogP contribution < -0.4 is 15.4 Å². The first-order valence-corrected chi connectivity index (χ1v) is 5.25. The summed E-state index contributed by atoms with van der Waals surface area (Å²) in [5.74, 6) is 0. The molecule has 1 aliphatic rings. The van der Waals surface area contributed by atoms with E-state index in [9.17, 15) is 4.79 Å². The minimum absolute atomic E-state index is 0.0874. The zero-order valence-corrected chi connectivity index (χ0v) is 8.12. The first kappa shape index (κ1) is 7.93. The van der Waals surface area contributed by atoms with Crippen molar-refractivity contribution in [2.75, 3.05) is 0 Å². The van der Waals surface area contributed by atoms with Crippen molar-refractivity contribution in [1.82, 2.24) is 19.9 Å². The predicted molar refractivity (Wildman–Crippen MR) is 53.0 cm³/mol. The number of aromatic nitrogens is 3. The Morgan fingerprint density at radius 1 is 1.64 bits per heavy atom. The highest BCUT2D eigenvalue weighted by molar-refractivity contribution is 7.14. The minimum atomic E-state index is -0.0874. The van der Waals surface area contributed by atoms with Gasteiger partial charge in [-0.15, -0.1) is 0 Å². The second-order valence-electron chi connectivity index (χ2n) is 3.31. The van der Waals surface area contributed by atoms with E-state index >= 15 is 0 Å². The van der Waals surface area contributed by atoms with Gasteiger partial charge in [-0.05, 0) is 12.8 Å². The number of hydrogen-bond donors (Lipinski definition) is 1. The molecule has 0 spiro atoms. The molecule has 1 fully saturated rings. The van der Waals surface area contributed by atoms with Gasteiger partial charge in [0.05, 0.1) is 0 Å². The molecule has 2 aromatic rings. The fourth-order valence-corrected chi connectivity index (χ4v) is 2.03. The van der Waals surface area contributed by atoms with E-state index in [0.717, 1.165) is 0 Å². The third-order valence-corrected chi connectivity index (χ3v) is 3.12. The first-order chi connectivity index (χ1) is 6.84. The van der Waals surface area contributed by atoms with Crippen molar-refractivity contribution < 1.29 is 0 Å².